The number of ether oxygens (including phenoxy) is 4. The number of nitrogens with one attached hydrogen (secondary N) is 1. The number of nitriles is 1. The van der Waals surface area contributed by atoms with Gasteiger partial charge in [0, 0.05) is 5.56 Å². The Hall–Kier alpha value is -4.12. The summed E-state index contributed by atoms with van der Waals surface area (Å²) in [4.78, 5) is 0. The van der Waals surface area contributed by atoms with Gasteiger partial charge in [-0.05, 0) is 48.9 Å². The van der Waals surface area contributed by atoms with Gasteiger partial charge in [0.15, 0.2) is 11.5 Å². The molecule has 0 saturated carbocycles. The standard InChI is InChI=1S/C23H22N4O4/c1-4-30-15-8-5-13(6-9-15)21-20-19(14-7-10-17(28-2)18(11-14)29-3)16(12-24)22(25)31-23(20)27-26-21/h5-11,19H,4,25H2,1-3H3,(H,26,27). The molecule has 1 aliphatic heterocycles. The van der Waals surface area contributed by atoms with E-state index in [0.29, 0.717) is 29.6 Å². The van der Waals surface area contributed by atoms with E-state index in [1.54, 1.807) is 20.3 Å². The van der Waals surface area contributed by atoms with Gasteiger partial charge in [-0.3, -0.25) is 5.10 Å². The van der Waals surface area contributed by atoms with E-state index in [9.17, 15) is 5.26 Å². The van der Waals surface area contributed by atoms with Gasteiger partial charge in [0.1, 0.15) is 17.4 Å². The number of aromatic nitrogens is 2. The number of hydrogen-bond acceptors (Lipinski definition) is 7. The summed E-state index contributed by atoms with van der Waals surface area (Å²) in [6.45, 7) is 2.52. The van der Waals surface area contributed by atoms with Crippen LogP contribution in [0.4, 0.5) is 0 Å². The summed E-state index contributed by atoms with van der Waals surface area (Å²) in [6.07, 6.45) is 0. The molecule has 1 unspecified atom stereocenters. The normalized spacial score (nSPS) is 15.0. The Morgan fingerprint density at radius 2 is 1.87 bits per heavy atom. The highest BCUT2D eigenvalue weighted by molar-refractivity contribution is 5.71. The number of H-pyrrole nitrogens is 1. The van der Waals surface area contributed by atoms with E-state index in [-0.39, 0.29) is 5.88 Å². The Morgan fingerprint density at radius 3 is 2.52 bits per heavy atom. The van der Waals surface area contributed by atoms with Crippen molar-refractivity contribution in [3.63, 3.8) is 0 Å². The highest BCUT2D eigenvalue weighted by Gasteiger charge is 2.36. The lowest BCUT2D eigenvalue weighted by Gasteiger charge is -2.24. The third kappa shape index (κ3) is 3.51. The Balaban J connectivity index is 1.87. The quantitative estimate of drug-likeness (QED) is 0.627. The first-order valence-corrected chi connectivity index (χ1v) is 9.72. The van der Waals surface area contributed by atoms with E-state index in [0.717, 1.165) is 28.1 Å². The van der Waals surface area contributed by atoms with Gasteiger partial charge in [-0.15, -0.1) is 5.10 Å². The Labute approximate surface area is 179 Å². The second-order valence-electron chi connectivity index (χ2n) is 6.81. The van der Waals surface area contributed by atoms with Crippen LogP contribution in [0.25, 0.3) is 11.3 Å². The molecule has 1 aliphatic rings. The molecule has 31 heavy (non-hydrogen) atoms. The number of benzene rings is 2. The maximum Gasteiger partial charge on any atom is 0.244 e. The van der Waals surface area contributed by atoms with E-state index < -0.39 is 5.92 Å². The van der Waals surface area contributed by atoms with Gasteiger partial charge in [-0.1, -0.05) is 6.07 Å². The van der Waals surface area contributed by atoms with Gasteiger partial charge in [0.25, 0.3) is 0 Å². The summed E-state index contributed by atoms with van der Waals surface area (Å²) in [6, 6.07) is 15.3. The second-order valence-corrected chi connectivity index (χ2v) is 6.81. The molecule has 0 aliphatic carbocycles. The number of hydrogen-bond donors (Lipinski definition) is 2. The van der Waals surface area contributed by atoms with Crippen LogP contribution in [0, 0.1) is 11.3 Å². The zero-order chi connectivity index (χ0) is 22.0. The van der Waals surface area contributed by atoms with Crippen LogP contribution < -0.4 is 24.7 Å². The molecular weight excluding hydrogens is 396 g/mol. The largest absolute Gasteiger partial charge is 0.494 e. The predicted octanol–water partition coefficient (Wildman–Crippen LogP) is 3.71. The third-order valence-corrected chi connectivity index (χ3v) is 5.13. The van der Waals surface area contributed by atoms with Crippen LogP contribution in [0.5, 0.6) is 23.1 Å². The van der Waals surface area contributed by atoms with E-state index in [1.807, 2.05) is 43.3 Å². The highest BCUT2D eigenvalue weighted by atomic mass is 16.5. The smallest absolute Gasteiger partial charge is 0.244 e. The molecule has 0 radical (unpaired) electrons. The van der Waals surface area contributed by atoms with Gasteiger partial charge in [-0.2, -0.15) is 5.26 Å². The molecule has 0 amide bonds. The van der Waals surface area contributed by atoms with Gasteiger partial charge in [0.05, 0.1) is 38.0 Å². The van der Waals surface area contributed by atoms with Crippen molar-refractivity contribution in [1.29, 1.82) is 5.26 Å². The summed E-state index contributed by atoms with van der Waals surface area (Å²) >= 11 is 0. The van der Waals surface area contributed by atoms with Crippen molar-refractivity contribution in [2.75, 3.05) is 20.8 Å². The zero-order valence-electron chi connectivity index (χ0n) is 17.4. The summed E-state index contributed by atoms with van der Waals surface area (Å²) in [5.74, 6) is 1.78. The SMILES string of the molecule is CCOc1ccc(-c2[nH]nc3c2C(c2ccc(OC)c(OC)c2)C(C#N)=C(N)O3)cc1. The second kappa shape index (κ2) is 8.32. The lowest BCUT2D eigenvalue weighted by molar-refractivity contribution is 0.340. The highest BCUT2D eigenvalue weighted by Crippen LogP contribution is 2.47. The van der Waals surface area contributed by atoms with Crippen molar-refractivity contribution in [1.82, 2.24) is 10.2 Å². The van der Waals surface area contributed by atoms with Crippen molar-refractivity contribution in [2.45, 2.75) is 12.8 Å². The number of methoxy groups -OCH3 is 2. The number of allylic oxidation sites excluding steroid dienone is 1. The van der Waals surface area contributed by atoms with Crippen LogP contribution in [-0.4, -0.2) is 31.0 Å². The average Bonchev–Trinajstić information content (AvgIpc) is 3.21. The Kier molecular flexibility index (Phi) is 5.41. The molecule has 8 nitrogen and oxygen atoms in total. The molecular formula is C23H22N4O4. The monoisotopic (exact) mass is 418 g/mol. The molecule has 0 saturated heterocycles. The first-order valence-electron chi connectivity index (χ1n) is 9.72. The Morgan fingerprint density at radius 1 is 1.13 bits per heavy atom. The summed E-state index contributed by atoms with van der Waals surface area (Å²) in [7, 11) is 3.14. The van der Waals surface area contributed by atoms with Crippen molar-refractivity contribution in [2.24, 2.45) is 5.73 Å². The maximum absolute atomic E-state index is 9.87. The van der Waals surface area contributed by atoms with Gasteiger partial charge < -0.3 is 24.7 Å². The summed E-state index contributed by atoms with van der Waals surface area (Å²) < 4.78 is 22.0. The summed E-state index contributed by atoms with van der Waals surface area (Å²) in [5, 5.41) is 17.2. The summed E-state index contributed by atoms with van der Waals surface area (Å²) in [5.41, 5.74) is 9.51. The van der Waals surface area contributed by atoms with Crippen LogP contribution in [0.3, 0.4) is 0 Å². The number of fused-ring (bicyclic) bond motifs is 1. The number of nitrogens with zero attached hydrogens (tertiary/aromatic N) is 2. The van der Waals surface area contributed by atoms with Gasteiger partial charge in [0.2, 0.25) is 11.8 Å². The lowest BCUT2D eigenvalue weighted by atomic mass is 9.83. The van der Waals surface area contributed by atoms with Crippen LogP contribution in [-0.2, 0) is 0 Å². The van der Waals surface area contributed by atoms with Gasteiger partial charge >= 0.3 is 0 Å². The molecule has 1 atom stereocenters. The first kappa shape index (κ1) is 20.2. The van der Waals surface area contributed by atoms with Crippen LogP contribution in [0.1, 0.15) is 24.0 Å². The first-order chi connectivity index (χ1) is 15.1. The number of nitrogens with two attached hydrogens (primary N) is 1. The number of rotatable bonds is 6. The van der Waals surface area contributed by atoms with Crippen LogP contribution in [0.2, 0.25) is 0 Å². The molecule has 0 bridgehead atoms. The molecule has 8 heteroatoms. The fourth-order valence-corrected chi connectivity index (χ4v) is 3.72. The minimum Gasteiger partial charge on any atom is -0.494 e. The van der Waals surface area contributed by atoms with Gasteiger partial charge in [-0.25, -0.2) is 0 Å². The molecule has 2 heterocycles. The maximum atomic E-state index is 9.87. The van der Waals surface area contributed by atoms with Crippen molar-refractivity contribution < 1.29 is 18.9 Å². The molecule has 0 fully saturated rings. The number of aromatic amines is 1. The van der Waals surface area contributed by atoms with Crippen LogP contribution in [0.15, 0.2) is 53.9 Å². The fraction of sp³-hybridized carbons (Fsp3) is 0.217. The molecule has 158 valence electrons. The van der Waals surface area contributed by atoms with E-state index in [2.05, 4.69) is 16.3 Å². The fourth-order valence-electron chi connectivity index (χ4n) is 3.72. The average molecular weight is 418 g/mol. The Bertz CT molecular complexity index is 1180. The topological polar surface area (TPSA) is 115 Å². The molecule has 0 spiro atoms. The van der Waals surface area contributed by atoms with Crippen molar-refractivity contribution in [3.05, 3.63) is 65.0 Å². The third-order valence-electron chi connectivity index (χ3n) is 5.13. The van der Waals surface area contributed by atoms with E-state index >= 15 is 0 Å². The molecule has 2 aromatic carbocycles. The van der Waals surface area contributed by atoms with Crippen molar-refractivity contribution in [3.8, 4) is 40.5 Å². The zero-order valence-corrected chi connectivity index (χ0v) is 17.4. The predicted molar refractivity (Wildman–Crippen MR) is 114 cm³/mol. The minimum absolute atomic E-state index is 0.0273. The van der Waals surface area contributed by atoms with E-state index in [4.69, 9.17) is 24.7 Å². The molecule has 3 N–H and O–H groups in total. The molecule has 4 rings (SSSR count). The molecule has 1 aromatic heterocycles. The van der Waals surface area contributed by atoms with Crippen molar-refractivity contribution >= 4 is 0 Å². The van der Waals surface area contributed by atoms with Crippen LogP contribution >= 0.6 is 0 Å². The minimum atomic E-state index is -0.492. The molecule has 3 aromatic rings. The van der Waals surface area contributed by atoms with E-state index in [1.165, 1.54) is 0 Å². The lowest BCUT2D eigenvalue weighted by Crippen LogP contribution is -2.21.